The number of rotatable bonds is 3. The third-order valence-corrected chi connectivity index (χ3v) is 3.64. The lowest BCUT2D eigenvalue weighted by Gasteiger charge is -2.21. The monoisotopic (exact) mass is 212 g/mol. The fourth-order valence-corrected chi connectivity index (χ4v) is 2.55. The standard InChI is InChI=1S/C10H16N2OS/c1-3-8-7-14-10(11-8)12(2)9-4-5-13-6-9/h7,9H,3-6H2,1-2H3. The molecule has 1 unspecified atom stereocenters. The van der Waals surface area contributed by atoms with Gasteiger partial charge in [0.15, 0.2) is 5.13 Å². The molecule has 1 atom stereocenters. The summed E-state index contributed by atoms with van der Waals surface area (Å²) in [5.74, 6) is 0. The third kappa shape index (κ3) is 1.91. The fraction of sp³-hybridized carbons (Fsp3) is 0.700. The minimum absolute atomic E-state index is 0.519. The third-order valence-electron chi connectivity index (χ3n) is 2.66. The number of ether oxygens (including phenoxy) is 1. The van der Waals surface area contributed by atoms with Crippen LogP contribution in [0.15, 0.2) is 5.38 Å². The molecule has 0 spiro atoms. The number of likely N-dealkylation sites (N-methyl/N-ethyl adjacent to an activating group) is 1. The summed E-state index contributed by atoms with van der Waals surface area (Å²) in [6, 6.07) is 0.519. The van der Waals surface area contributed by atoms with E-state index in [9.17, 15) is 0 Å². The van der Waals surface area contributed by atoms with E-state index in [-0.39, 0.29) is 0 Å². The van der Waals surface area contributed by atoms with Crippen molar-refractivity contribution in [2.24, 2.45) is 0 Å². The molecule has 0 radical (unpaired) electrons. The van der Waals surface area contributed by atoms with Gasteiger partial charge in [0.1, 0.15) is 0 Å². The number of aryl methyl sites for hydroxylation is 1. The summed E-state index contributed by atoms with van der Waals surface area (Å²) >= 11 is 1.73. The predicted molar refractivity (Wildman–Crippen MR) is 59.1 cm³/mol. The van der Waals surface area contributed by atoms with Crippen LogP contribution in [0.5, 0.6) is 0 Å². The summed E-state index contributed by atoms with van der Waals surface area (Å²) in [5, 5.41) is 3.26. The zero-order chi connectivity index (χ0) is 9.97. The van der Waals surface area contributed by atoms with E-state index in [1.54, 1.807) is 11.3 Å². The molecule has 0 bridgehead atoms. The van der Waals surface area contributed by atoms with Crippen molar-refractivity contribution in [3.63, 3.8) is 0 Å². The lowest BCUT2D eigenvalue weighted by atomic mass is 10.2. The molecule has 1 aliphatic rings. The van der Waals surface area contributed by atoms with Crippen LogP contribution >= 0.6 is 11.3 Å². The van der Waals surface area contributed by atoms with Crippen LogP contribution in [0.4, 0.5) is 5.13 Å². The average Bonchev–Trinajstić information content (AvgIpc) is 2.88. The second kappa shape index (κ2) is 4.28. The summed E-state index contributed by atoms with van der Waals surface area (Å²) in [6.45, 7) is 3.87. The summed E-state index contributed by atoms with van der Waals surface area (Å²) in [6.07, 6.45) is 2.14. The van der Waals surface area contributed by atoms with Gasteiger partial charge in [-0.25, -0.2) is 4.98 Å². The smallest absolute Gasteiger partial charge is 0.185 e. The summed E-state index contributed by atoms with van der Waals surface area (Å²) < 4.78 is 5.37. The number of nitrogens with zero attached hydrogens (tertiary/aromatic N) is 2. The minimum Gasteiger partial charge on any atom is -0.379 e. The highest BCUT2D eigenvalue weighted by Gasteiger charge is 2.22. The first-order valence-electron chi connectivity index (χ1n) is 5.06. The first-order chi connectivity index (χ1) is 6.81. The summed E-state index contributed by atoms with van der Waals surface area (Å²) in [5.41, 5.74) is 1.19. The molecule has 0 saturated carbocycles. The Morgan fingerprint density at radius 1 is 1.71 bits per heavy atom. The highest BCUT2D eigenvalue weighted by Crippen LogP contribution is 2.24. The van der Waals surface area contributed by atoms with E-state index in [0.29, 0.717) is 6.04 Å². The second-order valence-electron chi connectivity index (χ2n) is 3.60. The highest BCUT2D eigenvalue weighted by molar-refractivity contribution is 7.13. The van der Waals surface area contributed by atoms with Crippen LogP contribution in [-0.4, -0.2) is 31.3 Å². The Morgan fingerprint density at radius 3 is 3.14 bits per heavy atom. The Morgan fingerprint density at radius 2 is 2.57 bits per heavy atom. The molecular weight excluding hydrogens is 196 g/mol. The molecule has 0 aromatic carbocycles. The van der Waals surface area contributed by atoms with Crippen molar-refractivity contribution in [2.45, 2.75) is 25.8 Å². The van der Waals surface area contributed by atoms with E-state index < -0.39 is 0 Å². The van der Waals surface area contributed by atoms with E-state index in [1.807, 2.05) is 0 Å². The van der Waals surface area contributed by atoms with Gasteiger partial charge in [0.25, 0.3) is 0 Å². The van der Waals surface area contributed by atoms with Crippen molar-refractivity contribution >= 4 is 16.5 Å². The van der Waals surface area contributed by atoms with Crippen molar-refractivity contribution in [2.75, 3.05) is 25.2 Å². The van der Waals surface area contributed by atoms with E-state index in [4.69, 9.17) is 4.74 Å². The van der Waals surface area contributed by atoms with Gasteiger partial charge in [-0.1, -0.05) is 6.92 Å². The van der Waals surface area contributed by atoms with Gasteiger partial charge < -0.3 is 9.64 Å². The summed E-state index contributed by atoms with van der Waals surface area (Å²) in [4.78, 5) is 6.81. The lowest BCUT2D eigenvalue weighted by Crippen LogP contribution is -2.31. The molecule has 1 fully saturated rings. The van der Waals surface area contributed by atoms with Gasteiger partial charge >= 0.3 is 0 Å². The molecule has 0 N–H and O–H groups in total. The number of thiazole rings is 1. The van der Waals surface area contributed by atoms with Crippen molar-refractivity contribution < 1.29 is 4.74 Å². The molecule has 4 heteroatoms. The normalized spacial score (nSPS) is 21.4. The molecule has 1 aliphatic heterocycles. The highest BCUT2D eigenvalue weighted by atomic mass is 32.1. The maximum absolute atomic E-state index is 5.37. The Hall–Kier alpha value is -0.610. The van der Waals surface area contributed by atoms with Crippen LogP contribution in [0.25, 0.3) is 0 Å². The molecule has 0 aliphatic carbocycles. The van der Waals surface area contributed by atoms with Crippen LogP contribution < -0.4 is 4.90 Å². The number of aromatic nitrogens is 1. The zero-order valence-electron chi connectivity index (χ0n) is 8.69. The van der Waals surface area contributed by atoms with Gasteiger partial charge in [-0.2, -0.15) is 0 Å². The first-order valence-corrected chi connectivity index (χ1v) is 5.94. The minimum atomic E-state index is 0.519. The van der Waals surface area contributed by atoms with Crippen molar-refractivity contribution in [3.05, 3.63) is 11.1 Å². The Balaban J connectivity index is 2.05. The Kier molecular flexibility index (Phi) is 3.03. The molecular formula is C10H16N2OS. The van der Waals surface area contributed by atoms with Gasteiger partial charge in [0, 0.05) is 19.0 Å². The summed E-state index contributed by atoms with van der Waals surface area (Å²) in [7, 11) is 2.11. The fourth-order valence-electron chi connectivity index (χ4n) is 1.60. The van der Waals surface area contributed by atoms with Crippen molar-refractivity contribution in [1.82, 2.24) is 4.98 Å². The zero-order valence-corrected chi connectivity index (χ0v) is 9.51. The van der Waals surface area contributed by atoms with Crippen LogP contribution in [-0.2, 0) is 11.2 Å². The van der Waals surface area contributed by atoms with Crippen LogP contribution in [0.3, 0.4) is 0 Å². The van der Waals surface area contributed by atoms with Gasteiger partial charge in [0.05, 0.1) is 18.3 Å². The first kappa shape index (κ1) is 9.93. The van der Waals surface area contributed by atoms with Crippen LogP contribution in [0.2, 0.25) is 0 Å². The predicted octanol–water partition coefficient (Wildman–Crippen LogP) is 1.93. The van der Waals surface area contributed by atoms with E-state index in [1.165, 1.54) is 5.69 Å². The molecule has 1 aromatic heterocycles. The quantitative estimate of drug-likeness (QED) is 0.765. The Labute approximate surface area is 88.7 Å². The molecule has 1 saturated heterocycles. The molecule has 14 heavy (non-hydrogen) atoms. The molecule has 1 aromatic rings. The SMILES string of the molecule is CCc1csc(N(C)C2CCOC2)n1. The van der Waals surface area contributed by atoms with Crippen molar-refractivity contribution in [1.29, 1.82) is 0 Å². The Bertz CT molecular complexity index is 294. The number of hydrogen-bond donors (Lipinski definition) is 0. The number of hydrogen-bond acceptors (Lipinski definition) is 4. The number of anilines is 1. The largest absolute Gasteiger partial charge is 0.379 e. The maximum Gasteiger partial charge on any atom is 0.185 e. The van der Waals surface area contributed by atoms with Crippen LogP contribution in [0, 0.1) is 0 Å². The van der Waals surface area contributed by atoms with E-state index in [2.05, 4.69) is 29.2 Å². The second-order valence-corrected chi connectivity index (χ2v) is 4.44. The van der Waals surface area contributed by atoms with Gasteiger partial charge in [0.2, 0.25) is 0 Å². The van der Waals surface area contributed by atoms with Crippen LogP contribution in [0.1, 0.15) is 19.0 Å². The van der Waals surface area contributed by atoms with Gasteiger partial charge in [-0.3, -0.25) is 0 Å². The van der Waals surface area contributed by atoms with E-state index >= 15 is 0 Å². The van der Waals surface area contributed by atoms with Gasteiger partial charge in [-0.05, 0) is 12.8 Å². The molecule has 0 amide bonds. The molecule has 2 rings (SSSR count). The van der Waals surface area contributed by atoms with Gasteiger partial charge in [-0.15, -0.1) is 11.3 Å². The molecule has 2 heterocycles. The van der Waals surface area contributed by atoms with Crippen molar-refractivity contribution in [3.8, 4) is 0 Å². The average molecular weight is 212 g/mol. The van der Waals surface area contributed by atoms with E-state index in [0.717, 1.165) is 31.2 Å². The molecule has 3 nitrogen and oxygen atoms in total. The molecule has 78 valence electrons. The topological polar surface area (TPSA) is 25.4 Å². The maximum atomic E-state index is 5.37. The lowest BCUT2D eigenvalue weighted by molar-refractivity contribution is 0.193.